The van der Waals surface area contributed by atoms with Crippen molar-refractivity contribution in [3.63, 3.8) is 0 Å². The van der Waals surface area contributed by atoms with E-state index in [1.165, 1.54) is 5.56 Å². The fourth-order valence-corrected chi connectivity index (χ4v) is 1.54. The van der Waals surface area contributed by atoms with Gasteiger partial charge in [-0.15, -0.1) is 0 Å². The van der Waals surface area contributed by atoms with Gasteiger partial charge in [0.15, 0.2) is 5.96 Å². The molecule has 1 rings (SSSR count). The molecule has 1 aromatic carbocycles. The molecule has 1 aromatic rings. The van der Waals surface area contributed by atoms with Gasteiger partial charge in [-0.25, -0.2) is 0 Å². The Labute approximate surface area is 92.8 Å². The van der Waals surface area contributed by atoms with E-state index in [0.717, 1.165) is 11.0 Å². The van der Waals surface area contributed by atoms with Crippen LogP contribution >= 0.6 is 15.9 Å². The topological polar surface area (TPSA) is 41.6 Å². The van der Waals surface area contributed by atoms with E-state index in [1.807, 2.05) is 30.1 Å². The van der Waals surface area contributed by atoms with Crippen LogP contribution in [0.5, 0.6) is 0 Å². The molecule has 0 saturated carbocycles. The highest BCUT2D eigenvalue weighted by molar-refractivity contribution is 9.10. The minimum atomic E-state index is 0.542. The van der Waals surface area contributed by atoms with Crippen molar-refractivity contribution < 1.29 is 0 Å². The lowest BCUT2D eigenvalue weighted by Crippen LogP contribution is -2.33. The number of rotatable bonds is 2. The second-order valence-corrected chi connectivity index (χ2v) is 3.88. The first-order chi connectivity index (χ1) is 6.65. The van der Waals surface area contributed by atoms with Crippen molar-refractivity contribution in [1.82, 2.24) is 4.90 Å². The Bertz CT molecular complexity index is 336. The summed E-state index contributed by atoms with van der Waals surface area (Å²) < 4.78 is 1.09. The summed E-state index contributed by atoms with van der Waals surface area (Å²) in [5.41, 5.74) is 6.87. The molecule has 0 bridgehead atoms. The molecule has 0 fully saturated rings. The zero-order valence-corrected chi connectivity index (χ0v) is 9.95. The number of benzene rings is 1. The van der Waals surface area contributed by atoms with Gasteiger partial charge in [0, 0.05) is 25.1 Å². The monoisotopic (exact) mass is 255 g/mol. The molecule has 3 nitrogen and oxygen atoms in total. The van der Waals surface area contributed by atoms with Gasteiger partial charge in [0.05, 0.1) is 0 Å². The molecule has 14 heavy (non-hydrogen) atoms. The third-order valence-electron chi connectivity index (χ3n) is 1.99. The van der Waals surface area contributed by atoms with E-state index in [0.29, 0.717) is 5.96 Å². The van der Waals surface area contributed by atoms with Crippen LogP contribution in [0, 0.1) is 0 Å². The Kier molecular flexibility index (Phi) is 3.95. The van der Waals surface area contributed by atoms with Gasteiger partial charge in [-0.3, -0.25) is 4.99 Å². The average molecular weight is 256 g/mol. The van der Waals surface area contributed by atoms with E-state index in [1.54, 1.807) is 7.05 Å². The standard InChI is InChI=1S/C10H14BrN3/c1-13-10(12)14(2)7-8-5-3-4-6-9(8)11/h3-6H,7H2,1-2H3,(H2,12,13). The molecule has 0 radical (unpaired) electrons. The number of nitrogens with two attached hydrogens (primary N) is 1. The lowest BCUT2D eigenvalue weighted by molar-refractivity contribution is 0.493. The fraction of sp³-hybridized carbons (Fsp3) is 0.300. The molecule has 0 aliphatic heterocycles. The molecule has 0 saturated heterocycles. The first-order valence-electron chi connectivity index (χ1n) is 4.32. The molecular weight excluding hydrogens is 242 g/mol. The van der Waals surface area contributed by atoms with E-state index >= 15 is 0 Å². The molecule has 0 aliphatic rings. The van der Waals surface area contributed by atoms with Crippen molar-refractivity contribution in [2.24, 2.45) is 10.7 Å². The fourth-order valence-electron chi connectivity index (χ4n) is 1.13. The summed E-state index contributed by atoms with van der Waals surface area (Å²) in [5.74, 6) is 0.542. The van der Waals surface area contributed by atoms with Gasteiger partial charge in [0.25, 0.3) is 0 Å². The van der Waals surface area contributed by atoms with E-state index in [4.69, 9.17) is 5.73 Å². The van der Waals surface area contributed by atoms with Crippen LogP contribution in [0.25, 0.3) is 0 Å². The molecular formula is C10H14BrN3. The molecule has 0 aliphatic carbocycles. The van der Waals surface area contributed by atoms with Gasteiger partial charge in [-0.2, -0.15) is 0 Å². The minimum absolute atomic E-state index is 0.542. The van der Waals surface area contributed by atoms with Crippen molar-refractivity contribution in [3.05, 3.63) is 34.3 Å². The quantitative estimate of drug-likeness (QED) is 0.647. The van der Waals surface area contributed by atoms with Crippen molar-refractivity contribution in [3.8, 4) is 0 Å². The molecule has 0 unspecified atom stereocenters. The number of hydrogen-bond donors (Lipinski definition) is 1. The molecule has 0 atom stereocenters. The summed E-state index contributed by atoms with van der Waals surface area (Å²) in [5, 5.41) is 0. The van der Waals surface area contributed by atoms with Gasteiger partial charge in [0.1, 0.15) is 0 Å². The molecule has 0 spiro atoms. The smallest absolute Gasteiger partial charge is 0.191 e. The minimum Gasteiger partial charge on any atom is -0.370 e. The van der Waals surface area contributed by atoms with Crippen LogP contribution in [0.2, 0.25) is 0 Å². The Morgan fingerprint density at radius 1 is 1.50 bits per heavy atom. The van der Waals surface area contributed by atoms with Crippen molar-refractivity contribution in [1.29, 1.82) is 0 Å². The predicted molar refractivity (Wildman–Crippen MR) is 63.2 cm³/mol. The lowest BCUT2D eigenvalue weighted by Gasteiger charge is -2.18. The summed E-state index contributed by atoms with van der Waals surface area (Å²) in [4.78, 5) is 5.82. The van der Waals surface area contributed by atoms with Crippen LogP contribution in [0.15, 0.2) is 33.7 Å². The summed E-state index contributed by atoms with van der Waals surface area (Å²) in [7, 11) is 3.60. The zero-order chi connectivity index (χ0) is 10.6. The number of halogens is 1. The summed E-state index contributed by atoms with van der Waals surface area (Å²) in [6.07, 6.45) is 0. The number of aliphatic imine (C=N–C) groups is 1. The molecule has 0 aromatic heterocycles. The van der Waals surface area contributed by atoms with E-state index < -0.39 is 0 Å². The highest BCUT2D eigenvalue weighted by Gasteiger charge is 2.04. The third-order valence-corrected chi connectivity index (χ3v) is 2.76. The Balaban J connectivity index is 2.74. The number of nitrogens with zero attached hydrogens (tertiary/aromatic N) is 2. The van der Waals surface area contributed by atoms with Crippen LogP contribution in [-0.4, -0.2) is 25.0 Å². The molecule has 0 amide bonds. The van der Waals surface area contributed by atoms with Gasteiger partial charge >= 0.3 is 0 Å². The maximum absolute atomic E-state index is 5.68. The normalized spacial score (nSPS) is 11.5. The maximum atomic E-state index is 5.68. The van der Waals surface area contributed by atoms with Crippen molar-refractivity contribution in [2.75, 3.05) is 14.1 Å². The summed E-state index contributed by atoms with van der Waals surface area (Å²) in [6, 6.07) is 8.07. The largest absolute Gasteiger partial charge is 0.370 e. The van der Waals surface area contributed by atoms with Gasteiger partial charge in [-0.05, 0) is 11.6 Å². The van der Waals surface area contributed by atoms with E-state index in [9.17, 15) is 0 Å². The average Bonchev–Trinajstić information content (AvgIpc) is 2.20. The predicted octanol–water partition coefficient (Wildman–Crippen LogP) is 1.83. The third kappa shape index (κ3) is 2.73. The van der Waals surface area contributed by atoms with Crippen LogP contribution in [-0.2, 0) is 6.54 Å². The molecule has 4 heteroatoms. The highest BCUT2D eigenvalue weighted by atomic mass is 79.9. The van der Waals surface area contributed by atoms with Crippen LogP contribution in [0.4, 0.5) is 0 Å². The Hall–Kier alpha value is -1.03. The van der Waals surface area contributed by atoms with Crippen molar-refractivity contribution in [2.45, 2.75) is 6.54 Å². The second kappa shape index (κ2) is 5.00. The van der Waals surface area contributed by atoms with Crippen LogP contribution in [0.3, 0.4) is 0 Å². The first-order valence-corrected chi connectivity index (χ1v) is 5.11. The van der Waals surface area contributed by atoms with E-state index in [2.05, 4.69) is 27.0 Å². The number of guanidine groups is 1. The van der Waals surface area contributed by atoms with Crippen molar-refractivity contribution >= 4 is 21.9 Å². The Morgan fingerprint density at radius 2 is 2.14 bits per heavy atom. The first kappa shape index (κ1) is 11.0. The van der Waals surface area contributed by atoms with E-state index in [-0.39, 0.29) is 0 Å². The van der Waals surface area contributed by atoms with Crippen LogP contribution < -0.4 is 5.73 Å². The zero-order valence-electron chi connectivity index (χ0n) is 8.37. The lowest BCUT2D eigenvalue weighted by atomic mass is 10.2. The molecule has 76 valence electrons. The highest BCUT2D eigenvalue weighted by Crippen LogP contribution is 2.16. The molecule has 0 heterocycles. The summed E-state index contributed by atoms with van der Waals surface area (Å²) in [6.45, 7) is 0.755. The Morgan fingerprint density at radius 3 is 2.71 bits per heavy atom. The molecule has 2 N–H and O–H groups in total. The SMILES string of the molecule is CN=C(N)N(C)Cc1ccccc1Br. The van der Waals surface area contributed by atoms with Gasteiger partial charge in [-0.1, -0.05) is 34.1 Å². The van der Waals surface area contributed by atoms with Gasteiger partial charge < -0.3 is 10.6 Å². The van der Waals surface area contributed by atoms with Gasteiger partial charge in [0.2, 0.25) is 0 Å². The van der Waals surface area contributed by atoms with Crippen LogP contribution in [0.1, 0.15) is 5.56 Å². The maximum Gasteiger partial charge on any atom is 0.191 e. The number of hydrogen-bond acceptors (Lipinski definition) is 1. The second-order valence-electron chi connectivity index (χ2n) is 3.03. The summed E-state index contributed by atoms with van der Waals surface area (Å²) >= 11 is 3.49.